The molecule has 0 spiro atoms. The van der Waals surface area contributed by atoms with Gasteiger partial charge in [0.25, 0.3) is 0 Å². The van der Waals surface area contributed by atoms with Crippen LogP contribution in [-0.2, 0) is 6.54 Å². The Balaban J connectivity index is 0.00000147. The van der Waals surface area contributed by atoms with Crippen LogP contribution >= 0.6 is 24.0 Å². The molecule has 2 N–H and O–H groups in total. The van der Waals surface area contributed by atoms with Gasteiger partial charge in [-0.25, -0.2) is 9.98 Å². The van der Waals surface area contributed by atoms with Crippen molar-refractivity contribution in [1.29, 1.82) is 0 Å². The Hall–Kier alpha value is -1.31. The van der Waals surface area contributed by atoms with Gasteiger partial charge in [-0.1, -0.05) is 0 Å². The molecule has 108 valence electrons. The second kappa shape index (κ2) is 5.99. The topological polar surface area (TPSA) is 58.9 Å². The van der Waals surface area contributed by atoms with E-state index >= 15 is 0 Å². The summed E-state index contributed by atoms with van der Waals surface area (Å²) in [5.74, 6) is 0.607. The zero-order valence-corrected chi connectivity index (χ0v) is 14.1. The Bertz CT molecular complexity index is 630. The van der Waals surface area contributed by atoms with Crippen LogP contribution < -0.4 is 5.73 Å². The highest BCUT2D eigenvalue weighted by molar-refractivity contribution is 14.0. The highest BCUT2D eigenvalue weighted by Crippen LogP contribution is 2.24. The van der Waals surface area contributed by atoms with Gasteiger partial charge in [-0.05, 0) is 37.5 Å². The first-order chi connectivity index (χ1) is 9.13. The first-order valence-electron chi connectivity index (χ1n) is 6.60. The van der Waals surface area contributed by atoms with Crippen LogP contribution in [0.1, 0.15) is 24.1 Å². The van der Waals surface area contributed by atoms with Crippen molar-refractivity contribution in [3.05, 3.63) is 35.8 Å². The first-order valence-corrected chi connectivity index (χ1v) is 6.60. The van der Waals surface area contributed by atoms with Gasteiger partial charge in [0.15, 0.2) is 5.96 Å². The maximum absolute atomic E-state index is 5.97. The smallest absolute Gasteiger partial charge is 0.191 e. The van der Waals surface area contributed by atoms with E-state index in [9.17, 15) is 0 Å². The minimum Gasteiger partial charge on any atom is -0.370 e. The van der Waals surface area contributed by atoms with Crippen LogP contribution in [0.2, 0.25) is 0 Å². The summed E-state index contributed by atoms with van der Waals surface area (Å²) in [6.07, 6.45) is 6.47. The molecular formula is C14H20IN5. The van der Waals surface area contributed by atoms with E-state index in [1.165, 1.54) is 18.4 Å². The van der Waals surface area contributed by atoms with E-state index < -0.39 is 0 Å². The number of aromatic nitrogens is 2. The molecule has 1 aliphatic rings. The third-order valence-electron chi connectivity index (χ3n) is 3.52. The minimum atomic E-state index is 0. The number of hydrogen-bond acceptors (Lipinski definition) is 2. The van der Waals surface area contributed by atoms with Gasteiger partial charge in [0.1, 0.15) is 5.65 Å². The lowest BCUT2D eigenvalue weighted by atomic mass is 10.3. The molecular weight excluding hydrogens is 365 g/mol. The summed E-state index contributed by atoms with van der Waals surface area (Å²) in [5, 5.41) is 0. The maximum Gasteiger partial charge on any atom is 0.191 e. The molecule has 1 fully saturated rings. The van der Waals surface area contributed by atoms with E-state index in [0.29, 0.717) is 18.5 Å². The lowest BCUT2D eigenvalue weighted by Gasteiger charge is -2.16. The van der Waals surface area contributed by atoms with Crippen LogP contribution in [0.4, 0.5) is 0 Å². The molecule has 2 aromatic heterocycles. The fourth-order valence-electron chi connectivity index (χ4n) is 2.13. The number of aryl methyl sites for hydroxylation is 1. The van der Waals surface area contributed by atoms with Crippen LogP contribution in [0.3, 0.4) is 0 Å². The second-order valence-electron chi connectivity index (χ2n) is 5.22. The van der Waals surface area contributed by atoms with Crippen LogP contribution in [0.15, 0.2) is 29.5 Å². The quantitative estimate of drug-likeness (QED) is 0.501. The molecule has 1 saturated carbocycles. The SMILES string of the molecule is Cc1ccn2cc(CN=C(N)N(C)C3CC3)nc2c1.I. The summed E-state index contributed by atoms with van der Waals surface area (Å²) < 4.78 is 2.01. The van der Waals surface area contributed by atoms with Gasteiger partial charge in [0, 0.05) is 25.5 Å². The Morgan fingerprint density at radius 2 is 2.30 bits per heavy atom. The number of nitrogens with two attached hydrogens (primary N) is 1. The molecule has 0 aromatic carbocycles. The highest BCUT2D eigenvalue weighted by Gasteiger charge is 2.27. The molecule has 1 aliphatic carbocycles. The van der Waals surface area contributed by atoms with Crippen molar-refractivity contribution in [2.45, 2.75) is 32.4 Å². The van der Waals surface area contributed by atoms with Crippen molar-refractivity contribution in [3.63, 3.8) is 0 Å². The Morgan fingerprint density at radius 1 is 1.55 bits per heavy atom. The van der Waals surface area contributed by atoms with Crippen LogP contribution in [0, 0.1) is 6.92 Å². The summed E-state index contributed by atoms with van der Waals surface area (Å²) in [4.78, 5) is 11.0. The minimum absolute atomic E-state index is 0. The van der Waals surface area contributed by atoms with Crippen molar-refractivity contribution < 1.29 is 0 Å². The Kier molecular flexibility index (Phi) is 4.52. The maximum atomic E-state index is 5.97. The zero-order valence-electron chi connectivity index (χ0n) is 11.8. The highest BCUT2D eigenvalue weighted by atomic mass is 127. The van der Waals surface area contributed by atoms with E-state index in [2.05, 4.69) is 33.9 Å². The molecule has 0 bridgehead atoms. The number of rotatable bonds is 3. The molecule has 0 atom stereocenters. The van der Waals surface area contributed by atoms with Gasteiger partial charge < -0.3 is 15.0 Å². The van der Waals surface area contributed by atoms with Gasteiger partial charge >= 0.3 is 0 Å². The Labute approximate surface area is 135 Å². The van der Waals surface area contributed by atoms with Crippen molar-refractivity contribution in [1.82, 2.24) is 14.3 Å². The third kappa shape index (κ3) is 3.23. The lowest BCUT2D eigenvalue weighted by Crippen LogP contribution is -2.35. The van der Waals surface area contributed by atoms with Gasteiger partial charge in [-0.3, -0.25) is 0 Å². The molecule has 5 nitrogen and oxygen atoms in total. The zero-order chi connectivity index (χ0) is 13.4. The molecule has 0 saturated heterocycles. The molecule has 0 aliphatic heterocycles. The molecule has 0 amide bonds. The number of imidazole rings is 1. The number of halogens is 1. The molecule has 3 rings (SSSR count). The average molecular weight is 385 g/mol. The standard InChI is InChI=1S/C14H19N5.HI/c1-10-5-6-19-9-11(17-13(19)7-10)8-16-14(15)18(2)12-3-4-12;/h5-7,9,12H,3-4,8H2,1-2H3,(H2,15,16);1H. The van der Waals surface area contributed by atoms with E-state index in [1.807, 2.05) is 23.8 Å². The number of fused-ring (bicyclic) bond motifs is 1. The number of nitrogens with zero attached hydrogens (tertiary/aromatic N) is 4. The molecule has 0 radical (unpaired) electrons. The average Bonchev–Trinajstić information content (AvgIpc) is 3.16. The monoisotopic (exact) mass is 385 g/mol. The van der Waals surface area contributed by atoms with Gasteiger partial charge in [-0.15, -0.1) is 24.0 Å². The normalized spacial score (nSPS) is 15.2. The van der Waals surface area contributed by atoms with Gasteiger partial charge in [0.05, 0.1) is 12.2 Å². The first kappa shape index (κ1) is 15.1. The molecule has 2 aromatic rings. The summed E-state index contributed by atoms with van der Waals surface area (Å²) in [5.41, 5.74) is 9.08. The van der Waals surface area contributed by atoms with Crippen molar-refractivity contribution in [2.75, 3.05) is 7.05 Å². The van der Waals surface area contributed by atoms with Crippen molar-refractivity contribution in [3.8, 4) is 0 Å². The van der Waals surface area contributed by atoms with E-state index in [1.54, 1.807) is 0 Å². The van der Waals surface area contributed by atoms with Crippen LogP contribution in [0.5, 0.6) is 0 Å². The predicted molar refractivity (Wildman–Crippen MR) is 91.5 cm³/mol. The Morgan fingerprint density at radius 3 is 3.00 bits per heavy atom. The van der Waals surface area contributed by atoms with E-state index in [-0.39, 0.29) is 24.0 Å². The lowest BCUT2D eigenvalue weighted by molar-refractivity contribution is 0.487. The van der Waals surface area contributed by atoms with Crippen LogP contribution in [0.25, 0.3) is 5.65 Å². The van der Waals surface area contributed by atoms with Gasteiger partial charge in [0.2, 0.25) is 0 Å². The molecule has 6 heteroatoms. The second-order valence-corrected chi connectivity index (χ2v) is 5.22. The summed E-state index contributed by atoms with van der Waals surface area (Å²) >= 11 is 0. The number of guanidine groups is 1. The van der Waals surface area contributed by atoms with E-state index in [0.717, 1.165) is 11.3 Å². The largest absolute Gasteiger partial charge is 0.370 e. The molecule has 0 unspecified atom stereocenters. The molecule has 20 heavy (non-hydrogen) atoms. The van der Waals surface area contributed by atoms with E-state index in [4.69, 9.17) is 5.73 Å². The fraction of sp³-hybridized carbons (Fsp3) is 0.429. The number of pyridine rings is 1. The summed E-state index contributed by atoms with van der Waals surface area (Å²) in [6, 6.07) is 4.72. The third-order valence-corrected chi connectivity index (χ3v) is 3.52. The predicted octanol–water partition coefficient (Wildman–Crippen LogP) is 2.17. The summed E-state index contributed by atoms with van der Waals surface area (Å²) in [6.45, 7) is 2.60. The van der Waals surface area contributed by atoms with Crippen molar-refractivity contribution in [2.24, 2.45) is 10.7 Å². The van der Waals surface area contributed by atoms with Crippen molar-refractivity contribution >= 4 is 35.6 Å². The number of aliphatic imine (C=N–C) groups is 1. The number of hydrogen-bond donors (Lipinski definition) is 1. The fourth-order valence-corrected chi connectivity index (χ4v) is 2.13. The summed E-state index contributed by atoms with van der Waals surface area (Å²) in [7, 11) is 2.00. The van der Waals surface area contributed by atoms with Gasteiger partial charge in [-0.2, -0.15) is 0 Å². The molecule has 2 heterocycles. The van der Waals surface area contributed by atoms with Crippen LogP contribution in [-0.4, -0.2) is 33.3 Å².